The van der Waals surface area contributed by atoms with Gasteiger partial charge in [0, 0.05) is 19.2 Å². The third-order valence-corrected chi connectivity index (χ3v) is 3.96. The van der Waals surface area contributed by atoms with Gasteiger partial charge in [0.25, 0.3) is 0 Å². The molecule has 5 nitrogen and oxygen atoms in total. The average Bonchev–Trinajstić information content (AvgIpc) is 2.67. The fourth-order valence-corrected chi connectivity index (χ4v) is 2.41. The smallest absolute Gasteiger partial charge is 0.310 e. The van der Waals surface area contributed by atoms with Gasteiger partial charge < -0.3 is 14.4 Å². The highest BCUT2D eigenvalue weighted by atomic mass is 16.5. The Morgan fingerprint density at radius 1 is 1.15 bits per heavy atom. The highest BCUT2D eigenvalue weighted by molar-refractivity contribution is 5.92. The van der Waals surface area contributed by atoms with Crippen LogP contribution in [0.1, 0.15) is 45.6 Å². The second kappa shape index (κ2) is 12.1. The van der Waals surface area contributed by atoms with Crippen LogP contribution in [-0.2, 0) is 14.3 Å². The molecule has 1 atom stereocenters. The number of hydrogen-bond donors (Lipinski definition) is 0. The Labute approximate surface area is 157 Å². The Morgan fingerprint density at radius 2 is 1.85 bits per heavy atom. The van der Waals surface area contributed by atoms with Crippen LogP contribution in [0.2, 0.25) is 0 Å². The van der Waals surface area contributed by atoms with Crippen molar-refractivity contribution < 1.29 is 19.1 Å². The van der Waals surface area contributed by atoms with E-state index in [4.69, 9.17) is 9.47 Å². The van der Waals surface area contributed by atoms with E-state index < -0.39 is 0 Å². The molecule has 0 aliphatic carbocycles. The summed E-state index contributed by atoms with van der Waals surface area (Å²) in [5, 5.41) is 0. The predicted octanol–water partition coefficient (Wildman–Crippen LogP) is 3.93. The highest BCUT2D eigenvalue weighted by Crippen LogP contribution is 2.14. The molecule has 0 spiro atoms. The molecule has 1 aromatic rings. The minimum Gasteiger partial charge on any atom is -0.494 e. The zero-order valence-electron chi connectivity index (χ0n) is 16.4. The van der Waals surface area contributed by atoms with Gasteiger partial charge in [-0.15, -0.1) is 0 Å². The molecular weight excluding hydrogens is 330 g/mol. The first-order valence-electron chi connectivity index (χ1n) is 9.29. The predicted molar refractivity (Wildman–Crippen MR) is 104 cm³/mol. The summed E-state index contributed by atoms with van der Waals surface area (Å²) in [5.74, 6) is 0.0856. The molecule has 1 aromatic carbocycles. The molecular formula is C21H31NO4. The zero-order chi connectivity index (χ0) is 19.4. The molecule has 0 N–H and O–H groups in total. The molecule has 0 saturated carbocycles. The summed E-state index contributed by atoms with van der Waals surface area (Å²) in [6.07, 6.45) is 6.19. The van der Waals surface area contributed by atoms with Crippen molar-refractivity contribution in [3.05, 3.63) is 35.9 Å². The van der Waals surface area contributed by atoms with E-state index in [1.54, 1.807) is 24.0 Å². The van der Waals surface area contributed by atoms with E-state index in [0.29, 0.717) is 19.7 Å². The summed E-state index contributed by atoms with van der Waals surface area (Å²) in [5.41, 5.74) is 0.929. The number of hydrogen-bond acceptors (Lipinski definition) is 4. The molecule has 1 amide bonds. The van der Waals surface area contributed by atoms with Gasteiger partial charge in [-0.3, -0.25) is 9.59 Å². The van der Waals surface area contributed by atoms with E-state index in [0.717, 1.165) is 30.6 Å². The van der Waals surface area contributed by atoms with Gasteiger partial charge in [-0.25, -0.2) is 0 Å². The second-order valence-corrected chi connectivity index (χ2v) is 6.31. The maximum absolute atomic E-state index is 12.5. The first kappa shape index (κ1) is 21.7. The van der Waals surface area contributed by atoms with Crippen molar-refractivity contribution in [1.82, 2.24) is 4.90 Å². The van der Waals surface area contributed by atoms with Crippen LogP contribution in [0.15, 0.2) is 30.3 Å². The highest BCUT2D eigenvalue weighted by Gasteiger charge is 2.19. The number of benzene rings is 1. The Kier molecular flexibility index (Phi) is 10.1. The molecule has 0 saturated heterocycles. The number of rotatable bonds is 11. The van der Waals surface area contributed by atoms with Crippen LogP contribution >= 0.6 is 0 Å². The molecule has 5 heteroatoms. The van der Waals surface area contributed by atoms with Crippen LogP contribution < -0.4 is 4.74 Å². The Balaban J connectivity index is 2.71. The molecule has 144 valence electrons. The molecule has 0 aliphatic rings. The monoisotopic (exact) mass is 361 g/mol. The summed E-state index contributed by atoms with van der Waals surface area (Å²) in [4.78, 5) is 25.9. The van der Waals surface area contributed by atoms with Crippen LogP contribution in [0, 0.1) is 5.92 Å². The lowest BCUT2D eigenvalue weighted by molar-refractivity contribution is -0.146. The SMILES string of the molecule is CCCCN(CC(C)C(=O)OC)C(=O)/C=C/c1ccc(OCCC)cc1. The van der Waals surface area contributed by atoms with E-state index in [-0.39, 0.29) is 17.8 Å². The molecule has 1 unspecified atom stereocenters. The third kappa shape index (κ3) is 7.72. The lowest BCUT2D eigenvalue weighted by Gasteiger charge is -2.23. The standard InChI is InChI=1S/C21H31NO4/c1-5-7-14-22(16-17(3)21(24)25-4)20(23)13-10-18-8-11-19(12-9-18)26-15-6-2/h8-13,17H,5-7,14-16H2,1-4H3/b13-10+. The van der Waals surface area contributed by atoms with Crippen LogP contribution in [0.3, 0.4) is 0 Å². The van der Waals surface area contributed by atoms with Gasteiger partial charge in [0.15, 0.2) is 0 Å². The van der Waals surface area contributed by atoms with Gasteiger partial charge in [-0.1, -0.05) is 39.3 Å². The lowest BCUT2D eigenvalue weighted by atomic mass is 10.1. The number of nitrogens with zero attached hydrogens (tertiary/aromatic N) is 1. The number of ether oxygens (including phenoxy) is 2. The quantitative estimate of drug-likeness (QED) is 0.443. The fraction of sp³-hybridized carbons (Fsp3) is 0.524. The summed E-state index contributed by atoms with van der Waals surface area (Å²) in [6.45, 7) is 7.60. The van der Waals surface area contributed by atoms with Crippen LogP contribution in [0.25, 0.3) is 6.08 Å². The van der Waals surface area contributed by atoms with Crippen molar-refractivity contribution in [2.75, 3.05) is 26.8 Å². The summed E-state index contributed by atoms with van der Waals surface area (Å²) in [7, 11) is 1.37. The van der Waals surface area contributed by atoms with Gasteiger partial charge in [0.1, 0.15) is 5.75 Å². The molecule has 0 aliphatic heterocycles. The number of unbranched alkanes of at least 4 members (excludes halogenated alkanes) is 1. The van der Waals surface area contributed by atoms with Crippen LogP contribution in [0.4, 0.5) is 0 Å². The largest absolute Gasteiger partial charge is 0.494 e. The van der Waals surface area contributed by atoms with Gasteiger partial charge in [-0.05, 0) is 36.6 Å². The van der Waals surface area contributed by atoms with Crippen molar-refractivity contribution in [1.29, 1.82) is 0 Å². The minimum atomic E-state index is -0.343. The molecule has 0 radical (unpaired) electrons. The fourth-order valence-electron chi connectivity index (χ4n) is 2.41. The normalized spacial score (nSPS) is 12.0. The molecule has 26 heavy (non-hydrogen) atoms. The van der Waals surface area contributed by atoms with E-state index in [1.807, 2.05) is 24.3 Å². The Bertz CT molecular complexity index is 580. The van der Waals surface area contributed by atoms with Gasteiger partial charge in [-0.2, -0.15) is 0 Å². The van der Waals surface area contributed by atoms with E-state index in [9.17, 15) is 9.59 Å². The number of carbonyl (C=O) groups is 2. The summed E-state index contributed by atoms with van der Waals surface area (Å²) in [6, 6.07) is 7.63. The van der Waals surface area contributed by atoms with Crippen LogP contribution in [-0.4, -0.2) is 43.6 Å². The summed E-state index contributed by atoms with van der Waals surface area (Å²) >= 11 is 0. The van der Waals surface area contributed by atoms with Crippen molar-refractivity contribution in [2.45, 2.75) is 40.0 Å². The van der Waals surface area contributed by atoms with Crippen molar-refractivity contribution in [3.63, 3.8) is 0 Å². The maximum Gasteiger partial charge on any atom is 0.310 e. The van der Waals surface area contributed by atoms with Crippen LogP contribution in [0.5, 0.6) is 5.75 Å². The van der Waals surface area contributed by atoms with E-state index in [2.05, 4.69) is 13.8 Å². The first-order valence-corrected chi connectivity index (χ1v) is 9.29. The van der Waals surface area contributed by atoms with Crippen molar-refractivity contribution in [3.8, 4) is 5.75 Å². The zero-order valence-corrected chi connectivity index (χ0v) is 16.4. The number of esters is 1. The van der Waals surface area contributed by atoms with E-state index in [1.165, 1.54) is 7.11 Å². The Hall–Kier alpha value is -2.30. The molecule has 0 aromatic heterocycles. The average molecular weight is 361 g/mol. The molecule has 1 rings (SSSR count). The third-order valence-electron chi connectivity index (χ3n) is 3.96. The summed E-state index contributed by atoms with van der Waals surface area (Å²) < 4.78 is 10.3. The second-order valence-electron chi connectivity index (χ2n) is 6.31. The first-order chi connectivity index (χ1) is 12.5. The molecule has 0 bridgehead atoms. The number of carbonyl (C=O) groups excluding carboxylic acids is 2. The molecule has 0 heterocycles. The van der Waals surface area contributed by atoms with E-state index >= 15 is 0 Å². The van der Waals surface area contributed by atoms with Gasteiger partial charge in [0.2, 0.25) is 5.91 Å². The minimum absolute atomic E-state index is 0.0967. The maximum atomic E-state index is 12.5. The van der Waals surface area contributed by atoms with Crippen molar-refractivity contribution in [2.24, 2.45) is 5.92 Å². The Morgan fingerprint density at radius 3 is 2.42 bits per heavy atom. The number of amides is 1. The van der Waals surface area contributed by atoms with Gasteiger partial charge in [0.05, 0.1) is 19.6 Å². The topological polar surface area (TPSA) is 55.8 Å². The van der Waals surface area contributed by atoms with Gasteiger partial charge >= 0.3 is 5.97 Å². The molecule has 0 fully saturated rings. The van der Waals surface area contributed by atoms with Crippen molar-refractivity contribution >= 4 is 18.0 Å². The number of methoxy groups -OCH3 is 1. The lowest BCUT2D eigenvalue weighted by Crippen LogP contribution is -2.37.